The lowest BCUT2D eigenvalue weighted by Crippen LogP contribution is -2.30. The first-order chi connectivity index (χ1) is 14.3. The monoisotopic (exact) mass is 449 g/mol. The largest absolute Gasteiger partial charge is 0.493 e. The van der Waals surface area contributed by atoms with Gasteiger partial charge in [-0.1, -0.05) is 29.8 Å². The Balaban J connectivity index is 2.10. The maximum atomic E-state index is 13.9. The summed E-state index contributed by atoms with van der Waals surface area (Å²) in [4.78, 5) is 0.0165. The highest BCUT2D eigenvalue weighted by molar-refractivity contribution is 7.92. The molecule has 3 aromatic carbocycles. The third-order valence-electron chi connectivity index (χ3n) is 4.60. The molecule has 0 unspecified atom stereocenters. The van der Waals surface area contributed by atoms with E-state index in [9.17, 15) is 12.8 Å². The van der Waals surface area contributed by atoms with Crippen molar-refractivity contribution in [3.63, 3.8) is 0 Å². The number of sulfonamides is 1. The Hall–Kier alpha value is -2.77. The molecule has 0 spiro atoms. The van der Waals surface area contributed by atoms with Gasteiger partial charge in [-0.05, 0) is 60.5 Å². The Morgan fingerprint density at radius 2 is 1.70 bits per heavy atom. The second-order valence-electron chi connectivity index (χ2n) is 6.59. The zero-order chi connectivity index (χ0) is 21.9. The molecule has 0 heterocycles. The summed E-state index contributed by atoms with van der Waals surface area (Å²) in [6.07, 6.45) is 0. The van der Waals surface area contributed by atoms with Crippen LogP contribution in [0.5, 0.6) is 11.5 Å². The SMILES string of the molecule is COc1ccc(CN(c2cccc(F)c2)S(=O)(=O)c2ccc(C)c(Cl)c2)cc1OC. The molecular formula is C22H21ClFNO4S. The summed E-state index contributed by atoms with van der Waals surface area (Å²) in [7, 11) is -1.02. The van der Waals surface area contributed by atoms with E-state index in [1.807, 2.05) is 0 Å². The van der Waals surface area contributed by atoms with Gasteiger partial charge in [-0.3, -0.25) is 4.31 Å². The van der Waals surface area contributed by atoms with Gasteiger partial charge >= 0.3 is 0 Å². The van der Waals surface area contributed by atoms with E-state index in [2.05, 4.69) is 0 Å². The quantitative estimate of drug-likeness (QED) is 0.497. The van der Waals surface area contributed by atoms with Crippen molar-refractivity contribution in [2.45, 2.75) is 18.4 Å². The number of anilines is 1. The van der Waals surface area contributed by atoms with Crippen molar-refractivity contribution in [3.05, 3.63) is 82.6 Å². The van der Waals surface area contributed by atoms with Crippen LogP contribution in [0.4, 0.5) is 10.1 Å². The lowest BCUT2D eigenvalue weighted by Gasteiger charge is -2.25. The zero-order valence-electron chi connectivity index (χ0n) is 16.7. The molecule has 0 atom stereocenters. The fourth-order valence-electron chi connectivity index (χ4n) is 2.95. The van der Waals surface area contributed by atoms with Gasteiger partial charge in [-0.2, -0.15) is 0 Å². The number of rotatable bonds is 7. The second-order valence-corrected chi connectivity index (χ2v) is 8.86. The third kappa shape index (κ3) is 4.52. The van der Waals surface area contributed by atoms with Crippen molar-refractivity contribution < 1.29 is 22.3 Å². The third-order valence-corrected chi connectivity index (χ3v) is 6.78. The number of benzene rings is 3. The molecule has 3 rings (SSSR count). The van der Waals surface area contributed by atoms with Crippen LogP contribution < -0.4 is 13.8 Å². The average Bonchev–Trinajstić information content (AvgIpc) is 2.73. The van der Waals surface area contributed by atoms with Crippen LogP contribution in [-0.2, 0) is 16.6 Å². The molecule has 0 aliphatic rings. The predicted molar refractivity (Wildman–Crippen MR) is 116 cm³/mol. The Labute approximate surface area is 180 Å². The van der Waals surface area contributed by atoms with Gasteiger partial charge in [0.05, 0.1) is 31.3 Å². The fraction of sp³-hybridized carbons (Fsp3) is 0.182. The number of ether oxygens (including phenoxy) is 2. The maximum Gasteiger partial charge on any atom is 0.264 e. The molecule has 30 heavy (non-hydrogen) atoms. The standard InChI is InChI=1S/C22H21ClFNO4S/c1-15-7-9-19(13-20(15)23)30(26,27)25(18-6-4-5-17(24)12-18)14-16-8-10-21(28-2)22(11-16)29-3/h4-13H,14H2,1-3H3. The van der Waals surface area contributed by atoms with E-state index >= 15 is 0 Å². The van der Waals surface area contributed by atoms with E-state index in [4.69, 9.17) is 21.1 Å². The Morgan fingerprint density at radius 1 is 0.967 bits per heavy atom. The molecule has 0 saturated carbocycles. The van der Waals surface area contributed by atoms with E-state index in [0.717, 1.165) is 9.87 Å². The van der Waals surface area contributed by atoms with Crippen molar-refractivity contribution in [1.82, 2.24) is 0 Å². The van der Waals surface area contributed by atoms with Gasteiger partial charge < -0.3 is 9.47 Å². The lowest BCUT2D eigenvalue weighted by atomic mass is 10.2. The first-order valence-electron chi connectivity index (χ1n) is 9.01. The maximum absolute atomic E-state index is 13.9. The van der Waals surface area contributed by atoms with E-state index in [1.54, 1.807) is 31.2 Å². The molecule has 0 aliphatic heterocycles. The van der Waals surface area contributed by atoms with Gasteiger partial charge in [0.2, 0.25) is 0 Å². The average molecular weight is 450 g/mol. The number of methoxy groups -OCH3 is 2. The molecular weight excluding hydrogens is 429 g/mol. The fourth-order valence-corrected chi connectivity index (χ4v) is 4.67. The molecule has 0 amide bonds. The molecule has 0 radical (unpaired) electrons. The molecule has 0 saturated heterocycles. The van der Waals surface area contributed by atoms with Gasteiger partial charge in [-0.25, -0.2) is 12.8 Å². The normalized spacial score (nSPS) is 11.2. The summed E-state index contributed by atoms with van der Waals surface area (Å²) in [6, 6.07) is 15.0. The number of nitrogens with zero attached hydrogens (tertiary/aromatic N) is 1. The molecule has 0 aliphatic carbocycles. The van der Waals surface area contributed by atoms with Gasteiger partial charge in [0.1, 0.15) is 5.82 Å². The van der Waals surface area contributed by atoms with E-state index < -0.39 is 15.8 Å². The van der Waals surface area contributed by atoms with Crippen molar-refractivity contribution in [1.29, 1.82) is 0 Å². The molecule has 0 aromatic heterocycles. The van der Waals surface area contributed by atoms with Gasteiger partial charge in [0.25, 0.3) is 10.0 Å². The van der Waals surface area contributed by atoms with Crippen LogP contribution in [-0.4, -0.2) is 22.6 Å². The van der Waals surface area contributed by atoms with Gasteiger partial charge in [-0.15, -0.1) is 0 Å². The zero-order valence-corrected chi connectivity index (χ0v) is 18.3. The molecule has 3 aromatic rings. The Kier molecular flexibility index (Phi) is 6.53. The summed E-state index contributed by atoms with van der Waals surface area (Å²) < 4.78 is 52.6. The van der Waals surface area contributed by atoms with E-state index in [0.29, 0.717) is 22.1 Å². The minimum absolute atomic E-state index is 0.0165. The van der Waals surface area contributed by atoms with Crippen molar-refractivity contribution in [2.24, 2.45) is 0 Å². The lowest BCUT2D eigenvalue weighted by molar-refractivity contribution is 0.354. The molecule has 0 N–H and O–H groups in total. The summed E-state index contributed by atoms with van der Waals surface area (Å²) in [5.74, 6) is 0.443. The smallest absolute Gasteiger partial charge is 0.264 e. The van der Waals surface area contributed by atoms with Crippen molar-refractivity contribution in [2.75, 3.05) is 18.5 Å². The van der Waals surface area contributed by atoms with Gasteiger partial charge in [0, 0.05) is 5.02 Å². The minimum atomic E-state index is -4.03. The first kappa shape index (κ1) is 21.9. The molecule has 158 valence electrons. The number of hydrogen-bond donors (Lipinski definition) is 0. The topological polar surface area (TPSA) is 55.8 Å². The highest BCUT2D eigenvalue weighted by atomic mass is 35.5. The second kappa shape index (κ2) is 8.93. The van der Waals surface area contributed by atoms with Crippen LogP contribution in [0.1, 0.15) is 11.1 Å². The van der Waals surface area contributed by atoms with Crippen LogP contribution in [0.15, 0.2) is 65.6 Å². The van der Waals surface area contributed by atoms with Crippen LogP contribution in [0.3, 0.4) is 0 Å². The highest BCUT2D eigenvalue weighted by Crippen LogP contribution is 2.32. The van der Waals surface area contributed by atoms with Gasteiger partial charge in [0.15, 0.2) is 11.5 Å². The molecule has 0 fully saturated rings. The number of hydrogen-bond acceptors (Lipinski definition) is 4. The Bertz CT molecular complexity index is 1170. The molecule has 5 nitrogen and oxygen atoms in total. The van der Waals surface area contributed by atoms with Crippen LogP contribution in [0, 0.1) is 12.7 Å². The van der Waals surface area contributed by atoms with Crippen molar-refractivity contribution >= 4 is 27.3 Å². The van der Waals surface area contributed by atoms with Crippen LogP contribution in [0.2, 0.25) is 5.02 Å². The number of aryl methyl sites for hydroxylation is 1. The summed E-state index contributed by atoms with van der Waals surface area (Å²) >= 11 is 6.16. The number of halogens is 2. The summed E-state index contributed by atoms with van der Waals surface area (Å²) in [5.41, 5.74) is 1.59. The van der Waals surface area contributed by atoms with Crippen molar-refractivity contribution in [3.8, 4) is 11.5 Å². The van der Waals surface area contributed by atoms with E-state index in [-0.39, 0.29) is 17.1 Å². The van der Waals surface area contributed by atoms with Crippen LogP contribution >= 0.6 is 11.6 Å². The predicted octanol–water partition coefficient (Wildman–Crippen LogP) is 5.20. The summed E-state index contributed by atoms with van der Waals surface area (Å²) in [5, 5.41) is 0.335. The molecule has 0 bridgehead atoms. The summed E-state index contributed by atoms with van der Waals surface area (Å²) in [6.45, 7) is 1.74. The minimum Gasteiger partial charge on any atom is -0.493 e. The van der Waals surface area contributed by atoms with E-state index in [1.165, 1.54) is 50.6 Å². The molecule has 8 heteroatoms. The highest BCUT2D eigenvalue weighted by Gasteiger charge is 2.26. The van der Waals surface area contributed by atoms with Crippen LogP contribution in [0.25, 0.3) is 0 Å². The first-order valence-corrected chi connectivity index (χ1v) is 10.8. The Morgan fingerprint density at radius 3 is 2.33 bits per heavy atom.